The molecule has 1 aromatic carbocycles. The van der Waals surface area contributed by atoms with Crippen molar-refractivity contribution in [2.24, 2.45) is 5.73 Å². The number of allylic oxidation sites excluding steroid dienone is 1. The molecule has 0 atom stereocenters. The standard InChI is InChI=1S/C14H12N2OS/c1-17-12-7-8-18-14(12)13(16)11(9-15)10-5-3-2-4-6-10/h2-8H,16H2,1H3/b13-11+. The maximum absolute atomic E-state index is 9.29. The number of hydrogen-bond acceptors (Lipinski definition) is 4. The molecule has 18 heavy (non-hydrogen) atoms. The van der Waals surface area contributed by atoms with Crippen molar-refractivity contribution in [1.29, 1.82) is 5.26 Å². The summed E-state index contributed by atoms with van der Waals surface area (Å²) in [6.45, 7) is 0. The molecule has 0 radical (unpaired) electrons. The average molecular weight is 256 g/mol. The number of rotatable bonds is 3. The zero-order valence-electron chi connectivity index (χ0n) is 9.88. The Morgan fingerprint density at radius 1 is 1.28 bits per heavy atom. The number of benzene rings is 1. The Kier molecular flexibility index (Phi) is 3.66. The van der Waals surface area contributed by atoms with E-state index in [1.165, 1.54) is 11.3 Å². The Morgan fingerprint density at radius 3 is 2.61 bits per heavy atom. The molecule has 0 fully saturated rings. The number of nitrogens with zero attached hydrogens (tertiary/aromatic N) is 1. The summed E-state index contributed by atoms with van der Waals surface area (Å²) in [7, 11) is 1.59. The van der Waals surface area contributed by atoms with Gasteiger partial charge in [0, 0.05) is 0 Å². The van der Waals surface area contributed by atoms with Crippen LogP contribution in [0.3, 0.4) is 0 Å². The number of methoxy groups -OCH3 is 1. The van der Waals surface area contributed by atoms with Gasteiger partial charge in [-0.05, 0) is 17.0 Å². The molecule has 4 heteroatoms. The molecule has 0 saturated heterocycles. The van der Waals surface area contributed by atoms with Gasteiger partial charge < -0.3 is 10.5 Å². The number of ether oxygens (including phenoxy) is 1. The van der Waals surface area contributed by atoms with Gasteiger partial charge in [-0.15, -0.1) is 11.3 Å². The van der Waals surface area contributed by atoms with E-state index in [0.717, 1.165) is 10.4 Å². The highest BCUT2D eigenvalue weighted by Crippen LogP contribution is 2.33. The summed E-state index contributed by atoms with van der Waals surface area (Å²) in [5, 5.41) is 11.2. The van der Waals surface area contributed by atoms with E-state index < -0.39 is 0 Å². The molecule has 90 valence electrons. The van der Waals surface area contributed by atoms with Crippen LogP contribution in [0.1, 0.15) is 10.4 Å². The first-order valence-corrected chi connectivity index (χ1v) is 6.23. The third-order valence-electron chi connectivity index (χ3n) is 2.54. The zero-order valence-corrected chi connectivity index (χ0v) is 10.7. The molecule has 0 aliphatic carbocycles. The number of nitrogens with two attached hydrogens (primary N) is 1. The predicted octanol–water partition coefficient (Wildman–Crippen LogP) is 3.11. The van der Waals surface area contributed by atoms with Crippen LogP contribution in [-0.4, -0.2) is 7.11 Å². The minimum absolute atomic E-state index is 0.454. The SMILES string of the molecule is COc1ccsc1/C(N)=C(/C#N)c1ccccc1. The maximum Gasteiger partial charge on any atom is 0.138 e. The van der Waals surface area contributed by atoms with E-state index in [9.17, 15) is 5.26 Å². The molecule has 3 nitrogen and oxygen atoms in total. The van der Waals surface area contributed by atoms with Gasteiger partial charge in [-0.3, -0.25) is 0 Å². The van der Waals surface area contributed by atoms with Crippen LogP contribution in [0.2, 0.25) is 0 Å². The molecule has 1 aromatic heterocycles. The molecule has 1 heterocycles. The fraction of sp³-hybridized carbons (Fsp3) is 0.0714. The van der Waals surface area contributed by atoms with Crippen molar-refractivity contribution in [3.63, 3.8) is 0 Å². The van der Waals surface area contributed by atoms with Crippen LogP contribution < -0.4 is 10.5 Å². The smallest absolute Gasteiger partial charge is 0.138 e. The summed E-state index contributed by atoms with van der Waals surface area (Å²) < 4.78 is 5.22. The molecule has 2 aromatic rings. The van der Waals surface area contributed by atoms with Crippen molar-refractivity contribution >= 4 is 22.6 Å². The second-order valence-corrected chi connectivity index (χ2v) is 4.50. The van der Waals surface area contributed by atoms with Gasteiger partial charge in [-0.25, -0.2) is 0 Å². The fourth-order valence-corrected chi connectivity index (χ4v) is 2.48. The van der Waals surface area contributed by atoms with Crippen LogP contribution in [0.5, 0.6) is 5.75 Å². The van der Waals surface area contributed by atoms with E-state index in [0.29, 0.717) is 17.0 Å². The van der Waals surface area contributed by atoms with Crippen molar-refractivity contribution in [1.82, 2.24) is 0 Å². The van der Waals surface area contributed by atoms with Gasteiger partial charge in [0.2, 0.25) is 0 Å². The molecule has 0 spiro atoms. The van der Waals surface area contributed by atoms with Gasteiger partial charge in [-0.1, -0.05) is 30.3 Å². The third kappa shape index (κ3) is 2.22. The molecular weight excluding hydrogens is 244 g/mol. The second-order valence-electron chi connectivity index (χ2n) is 3.58. The average Bonchev–Trinajstić information content (AvgIpc) is 2.89. The minimum Gasteiger partial charge on any atom is -0.495 e. The molecule has 0 bridgehead atoms. The highest BCUT2D eigenvalue weighted by Gasteiger charge is 2.13. The lowest BCUT2D eigenvalue weighted by Gasteiger charge is -2.06. The van der Waals surface area contributed by atoms with Gasteiger partial charge in [0.05, 0.1) is 23.3 Å². The molecule has 0 aliphatic rings. The number of thiophene rings is 1. The largest absolute Gasteiger partial charge is 0.495 e. The van der Waals surface area contributed by atoms with E-state index in [2.05, 4.69) is 6.07 Å². The van der Waals surface area contributed by atoms with E-state index >= 15 is 0 Å². The summed E-state index contributed by atoms with van der Waals surface area (Å²) in [4.78, 5) is 0.790. The topological polar surface area (TPSA) is 59.0 Å². The van der Waals surface area contributed by atoms with Crippen molar-refractivity contribution in [2.45, 2.75) is 0 Å². The fourth-order valence-electron chi connectivity index (χ4n) is 1.65. The second kappa shape index (κ2) is 5.39. The van der Waals surface area contributed by atoms with Crippen LogP contribution in [0.15, 0.2) is 41.8 Å². The molecule has 2 N–H and O–H groups in total. The molecule has 0 unspecified atom stereocenters. The maximum atomic E-state index is 9.29. The molecule has 0 aliphatic heterocycles. The van der Waals surface area contributed by atoms with E-state index in [-0.39, 0.29) is 0 Å². The minimum atomic E-state index is 0.454. The summed E-state index contributed by atoms with van der Waals surface area (Å²) in [5.41, 5.74) is 7.83. The third-order valence-corrected chi connectivity index (χ3v) is 3.47. The monoisotopic (exact) mass is 256 g/mol. The van der Waals surface area contributed by atoms with Gasteiger partial charge in [0.1, 0.15) is 11.8 Å². The lowest BCUT2D eigenvalue weighted by Crippen LogP contribution is -2.00. The molecule has 0 amide bonds. The van der Waals surface area contributed by atoms with Crippen molar-refractivity contribution in [3.05, 3.63) is 52.2 Å². The normalized spacial score (nSPS) is 11.6. The van der Waals surface area contributed by atoms with Crippen LogP contribution in [0, 0.1) is 11.3 Å². The van der Waals surface area contributed by atoms with Gasteiger partial charge >= 0.3 is 0 Å². The predicted molar refractivity (Wildman–Crippen MR) is 73.9 cm³/mol. The molecule has 2 rings (SSSR count). The molecule has 0 saturated carbocycles. The summed E-state index contributed by atoms with van der Waals surface area (Å²) in [6.07, 6.45) is 0. The van der Waals surface area contributed by atoms with Crippen LogP contribution >= 0.6 is 11.3 Å². The summed E-state index contributed by atoms with van der Waals surface area (Å²) in [6, 6.07) is 13.4. The summed E-state index contributed by atoms with van der Waals surface area (Å²) in [5.74, 6) is 0.696. The first-order chi connectivity index (χ1) is 8.77. The van der Waals surface area contributed by atoms with Crippen molar-refractivity contribution < 1.29 is 4.74 Å². The van der Waals surface area contributed by atoms with E-state index in [1.54, 1.807) is 7.11 Å². The lowest BCUT2D eigenvalue weighted by molar-refractivity contribution is 0.415. The molecular formula is C14H12N2OS. The number of hydrogen-bond donors (Lipinski definition) is 1. The Hall–Kier alpha value is -2.25. The number of nitriles is 1. The first kappa shape index (κ1) is 12.2. The van der Waals surface area contributed by atoms with Crippen LogP contribution in [0.4, 0.5) is 0 Å². The van der Waals surface area contributed by atoms with Gasteiger partial charge in [0.15, 0.2) is 0 Å². The Morgan fingerprint density at radius 2 is 2.00 bits per heavy atom. The summed E-state index contributed by atoms with van der Waals surface area (Å²) >= 11 is 1.46. The van der Waals surface area contributed by atoms with Crippen molar-refractivity contribution in [3.8, 4) is 11.8 Å². The quantitative estimate of drug-likeness (QED) is 0.858. The van der Waals surface area contributed by atoms with E-state index in [4.69, 9.17) is 10.5 Å². The first-order valence-electron chi connectivity index (χ1n) is 5.35. The highest BCUT2D eigenvalue weighted by atomic mass is 32.1. The van der Waals surface area contributed by atoms with Crippen LogP contribution in [-0.2, 0) is 0 Å². The van der Waals surface area contributed by atoms with Gasteiger partial charge in [0.25, 0.3) is 0 Å². The Bertz CT molecular complexity index is 608. The van der Waals surface area contributed by atoms with E-state index in [1.807, 2.05) is 41.8 Å². The highest BCUT2D eigenvalue weighted by molar-refractivity contribution is 7.11. The Balaban J connectivity index is 2.55. The van der Waals surface area contributed by atoms with Crippen LogP contribution in [0.25, 0.3) is 11.3 Å². The zero-order chi connectivity index (χ0) is 13.0. The Labute approximate surface area is 110 Å². The van der Waals surface area contributed by atoms with Gasteiger partial charge in [-0.2, -0.15) is 5.26 Å². The van der Waals surface area contributed by atoms with Crippen molar-refractivity contribution in [2.75, 3.05) is 7.11 Å². The lowest BCUT2D eigenvalue weighted by atomic mass is 10.0.